The third-order valence-electron chi connectivity index (χ3n) is 6.19. The van der Waals surface area contributed by atoms with Crippen LogP contribution in [0.5, 0.6) is 5.75 Å². The van der Waals surface area contributed by atoms with E-state index in [1.807, 2.05) is 18.2 Å². The molecule has 4 rings (SSSR count). The molecule has 1 saturated heterocycles. The van der Waals surface area contributed by atoms with Gasteiger partial charge in [0.15, 0.2) is 10.8 Å². The van der Waals surface area contributed by atoms with Gasteiger partial charge in [-0.25, -0.2) is 22.8 Å². The summed E-state index contributed by atoms with van der Waals surface area (Å²) < 4.78 is 59.7. The van der Waals surface area contributed by atoms with Crippen molar-refractivity contribution in [1.82, 2.24) is 14.9 Å². The van der Waals surface area contributed by atoms with Crippen LogP contribution < -0.4 is 4.74 Å². The SMILES string of the molecule is Cc1c(OC2CCN([C@H](C)c3ccccc3)CC2)cnc(S(=O)(=O)Cc2cccc(F)n2)c1F. The van der Waals surface area contributed by atoms with Gasteiger partial charge in [0.05, 0.1) is 17.6 Å². The van der Waals surface area contributed by atoms with E-state index in [1.54, 1.807) is 0 Å². The summed E-state index contributed by atoms with van der Waals surface area (Å²) in [5.41, 5.74) is 1.32. The zero-order valence-electron chi connectivity index (χ0n) is 19.1. The monoisotopic (exact) mass is 487 g/mol. The van der Waals surface area contributed by atoms with E-state index in [2.05, 4.69) is 33.9 Å². The van der Waals surface area contributed by atoms with Gasteiger partial charge in [0.1, 0.15) is 11.9 Å². The molecule has 0 N–H and O–H groups in total. The molecule has 6 nitrogen and oxygen atoms in total. The Labute approximate surface area is 198 Å². The molecule has 1 aliphatic heterocycles. The maximum absolute atomic E-state index is 15.0. The van der Waals surface area contributed by atoms with Gasteiger partial charge in [0.25, 0.3) is 0 Å². The molecule has 0 unspecified atom stereocenters. The van der Waals surface area contributed by atoms with E-state index in [-0.39, 0.29) is 23.1 Å². The summed E-state index contributed by atoms with van der Waals surface area (Å²) in [5, 5.41) is -0.685. The van der Waals surface area contributed by atoms with Crippen LogP contribution in [0.4, 0.5) is 8.78 Å². The normalized spacial score (nSPS) is 16.4. The van der Waals surface area contributed by atoms with Crippen molar-refractivity contribution < 1.29 is 21.9 Å². The van der Waals surface area contributed by atoms with Crippen LogP contribution in [0.3, 0.4) is 0 Å². The Morgan fingerprint density at radius 2 is 1.79 bits per heavy atom. The number of sulfone groups is 1. The lowest BCUT2D eigenvalue weighted by Gasteiger charge is -2.36. The quantitative estimate of drug-likeness (QED) is 0.452. The highest BCUT2D eigenvalue weighted by molar-refractivity contribution is 7.90. The van der Waals surface area contributed by atoms with Gasteiger partial charge in [0.2, 0.25) is 15.8 Å². The number of aromatic nitrogens is 2. The fourth-order valence-corrected chi connectivity index (χ4v) is 5.50. The number of ether oxygens (including phenoxy) is 1. The number of pyridine rings is 2. The minimum absolute atomic E-state index is 0.0179. The minimum atomic E-state index is -4.15. The Bertz CT molecular complexity index is 1250. The molecular weight excluding hydrogens is 460 g/mol. The number of hydrogen-bond acceptors (Lipinski definition) is 6. The standard InChI is InChI=1S/C25H27F2N3O3S/c1-17-22(33-21-11-13-30(14-12-21)18(2)19-7-4-3-5-8-19)15-28-25(24(17)27)34(31,32)16-20-9-6-10-23(26)29-20/h3-10,15,18,21H,11-14,16H2,1-2H3/t18-/m1/s1. The third kappa shape index (κ3) is 5.42. The van der Waals surface area contributed by atoms with Crippen molar-refractivity contribution in [2.75, 3.05) is 13.1 Å². The Morgan fingerprint density at radius 3 is 2.47 bits per heavy atom. The summed E-state index contributed by atoms with van der Waals surface area (Å²) in [6.45, 7) is 5.32. The molecule has 3 heterocycles. The second kappa shape index (κ2) is 10.1. The average molecular weight is 488 g/mol. The lowest BCUT2D eigenvalue weighted by Crippen LogP contribution is -2.39. The average Bonchev–Trinajstić information content (AvgIpc) is 2.82. The molecule has 0 spiro atoms. The highest BCUT2D eigenvalue weighted by Gasteiger charge is 2.28. The summed E-state index contributed by atoms with van der Waals surface area (Å²) in [5.74, 6) is -2.17. The van der Waals surface area contributed by atoms with Gasteiger partial charge in [-0.15, -0.1) is 0 Å². The summed E-state index contributed by atoms with van der Waals surface area (Å²) in [4.78, 5) is 9.79. The molecule has 9 heteroatoms. The molecule has 1 aromatic carbocycles. The lowest BCUT2D eigenvalue weighted by molar-refractivity contribution is 0.0786. The van der Waals surface area contributed by atoms with Crippen LogP contribution in [0.25, 0.3) is 0 Å². The first-order valence-electron chi connectivity index (χ1n) is 11.2. The van der Waals surface area contributed by atoms with Gasteiger partial charge in [-0.2, -0.15) is 4.39 Å². The van der Waals surface area contributed by atoms with Crippen LogP contribution in [0.15, 0.2) is 59.8 Å². The zero-order chi connectivity index (χ0) is 24.3. The Balaban J connectivity index is 1.42. The fraction of sp³-hybridized carbons (Fsp3) is 0.360. The van der Waals surface area contributed by atoms with Crippen molar-refractivity contribution in [2.24, 2.45) is 0 Å². The van der Waals surface area contributed by atoms with Gasteiger partial charge < -0.3 is 4.74 Å². The molecule has 2 aromatic heterocycles. The molecule has 0 bridgehead atoms. The van der Waals surface area contributed by atoms with Crippen molar-refractivity contribution >= 4 is 9.84 Å². The van der Waals surface area contributed by atoms with Gasteiger partial charge >= 0.3 is 0 Å². The van der Waals surface area contributed by atoms with Crippen LogP contribution in [-0.4, -0.2) is 42.5 Å². The molecule has 1 atom stereocenters. The van der Waals surface area contributed by atoms with E-state index in [4.69, 9.17) is 4.74 Å². The van der Waals surface area contributed by atoms with Gasteiger partial charge in [-0.3, -0.25) is 4.90 Å². The first kappa shape index (κ1) is 24.2. The molecule has 180 valence electrons. The summed E-state index contributed by atoms with van der Waals surface area (Å²) in [6, 6.07) is 14.4. The van der Waals surface area contributed by atoms with E-state index in [0.29, 0.717) is 6.04 Å². The Kier molecular flexibility index (Phi) is 7.23. The molecule has 3 aromatic rings. The maximum atomic E-state index is 15.0. The fourth-order valence-electron chi connectivity index (χ4n) is 4.17. The topological polar surface area (TPSA) is 72.4 Å². The van der Waals surface area contributed by atoms with Crippen molar-refractivity contribution in [3.63, 3.8) is 0 Å². The van der Waals surface area contributed by atoms with Crippen molar-refractivity contribution in [3.05, 3.63) is 83.3 Å². The van der Waals surface area contributed by atoms with Gasteiger partial charge in [-0.1, -0.05) is 36.4 Å². The molecule has 0 aliphatic carbocycles. The maximum Gasteiger partial charge on any atom is 0.213 e. The second-order valence-electron chi connectivity index (χ2n) is 8.52. The summed E-state index contributed by atoms with van der Waals surface area (Å²) in [7, 11) is -4.15. The van der Waals surface area contributed by atoms with Crippen LogP contribution >= 0.6 is 0 Å². The molecule has 34 heavy (non-hydrogen) atoms. The van der Waals surface area contributed by atoms with Crippen LogP contribution in [-0.2, 0) is 15.6 Å². The summed E-state index contributed by atoms with van der Waals surface area (Å²) >= 11 is 0. The minimum Gasteiger partial charge on any atom is -0.488 e. The number of rotatable bonds is 7. The van der Waals surface area contributed by atoms with Gasteiger partial charge in [0, 0.05) is 24.7 Å². The van der Waals surface area contributed by atoms with E-state index in [0.717, 1.165) is 32.0 Å². The molecule has 0 saturated carbocycles. The molecule has 1 aliphatic rings. The number of likely N-dealkylation sites (tertiary alicyclic amines) is 1. The van der Waals surface area contributed by atoms with Crippen molar-refractivity contribution in [3.8, 4) is 5.75 Å². The molecule has 0 radical (unpaired) electrons. The Morgan fingerprint density at radius 1 is 1.09 bits per heavy atom. The molecule has 1 fully saturated rings. The molecule has 0 amide bonds. The predicted molar refractivity (Wildman–Crippen MR) is 124 cm³/mol. The van der Waals surface area contributed by atoms with E-state index < -0.39 is 32.4 Å². The van der Waals surface area contributed by atoms with E-state index >= 15 is 4.39 Å². The van der Waals surface area contributed by atoms with Crippen LogP contribution in [0, 0.1) is 18.7 Å². The smallest absolute Gasteiger partial charge is 0.213 e. The predicted octanol–water partition coefficient (Wildman–Crippen LogP) is 4.64. The van der Waals surface area contributed by atoms with Crippen LogP contribution in [0.1, 0.15) is 42.6 Å². The second-order valence-corrected chi connectivity index (χ2v) is 10.4. The Hall–Kier alpha value is -2.91. The number of piperidine rings is 1. The molecular formula is C25H27F2N3O3S. The van der Waals surface area contributed by atoms with Crippen LogP contribution in [0.2, 0.25) is 0 Å². The number of halogens is 2. The largest absolute Gasteiger partial charge is 0.488 e. The highest BCUT2D eigenvalue weighted by atomic mass is 32.2. The lowest BCUT2D eigenvalue weighted by atomic mass is 10.0. The van der Waals surface area contributed by atoms with Gasteiger partial charge in [-0.05, 0) is 44.4 Å². The number of benzene rings is 1. The number of nitrogens with zero attached hydrogens (tertiary/aromatic N) is 3. The number of hydrogen-bond donors (Lipinski definition) is 0. The van der Waals surface area contributed by atoms with Crippen molar-refractivity contribution in [2.45, 2.75) is 49.6 Å². The first-order valence-corrected chi connectivity index (χ1v) is 12.8. The first-order chi connectivity index (χ1) is 16.2. The van der Waals surface area contributed by atoms with E-state index in [1.165, 1.54) is 30.8 Å². The third-order valence-corrected chi connectivity index (χ3v) is 7.74. The summed E-state index contributed by atoms with van der Waals surface area (Å²) in [6.07, 6.45) is 2.68. The van der Waals surface area contributed by atoms with Crippen molar-refractivity contribution in [1.29, 1.82) is 0 Å². The highest BCUT2D eigenvalue weighted by Crippen LogP contribution is 2.30. The zero-order valence-corrected chi connectivity index (χ0v) is 19.9. The van der Waals surface area contributed by atoms with E-state index in [9.17, 15) is 12.8 Å².